The van der Waals surface area contributed by atoms with Crippen LogP contribution in [0.3, 0.4) is 0 Å². The highest BCUT2D eigenvalue weighted by molar-refractivity contribution is 2.50. The summed E-state index contributed by atoms with van der Waals surface area (Å²) in [7, 11) is 0. The maximum atomic E-state index is 0. The van der Waals surface area contributed by atoms with Crippen LogP contribution in [-0.2, 0) is 0 Å². The predicted octanol–water partition coefficient (Wildman–Crippen LogP) is -0.215. The summed E-state index contributed by atoms with van der Waals surface area (Å²) in [6.45, 7) is 0. The maximum Gasteiger partial charge on any atom is -0.0776 e. The van der Waals surface area contributed by atoms with Crippen molar-refractivity contribution in [1.82, 2.24) is 6.15 Å². The van der Waals surface area contributed by atoms with Gasteiger partial charge in [0.1, 0.15) is 0 Å². The Morgan fingerprint density at radius 2 is 0.600 bits per heavy atom. The van der Waals surface area contributed by atoms with Crippen molar-refractivity contribution in [2.45, 2.75) is 14.9 Å². The first-order valence-corrected chi connectivity index (χ1v) is 0. The Morgan fingerprint density at radius 3 is 0.600 bits per heavy atom. The highest BCUT2D eigenvalue weighted by Crippen LogP contribution is 0.145. The molecule has 0 unspecified atom stereocenters. The van der Waals surface area contributed by atoms with Gasteiger partial charge in [-0.2, -0.15) is 0 Å². The molecule has 0 aromatic heterocycles. The van der Waals surface area contributed by atoms with Gasteiger partial charge < -0.3 is 17.1 Å². The first-order valence-electron chi connectivity index (χ1n) is 0. The highest BCUT2D eigenvalue weighted by Gasteiger charge is -0.0765. The quantitative estimate of drug-likeness (QED) is 0.432. The summed E-state index contributed by atoms with van der Waals surface area (Å²) in [6, 6.07) is 0. The van der Waals surface area contributed by atoms with Gasteiger partial charge in [0, 0.05) is 0 Å². The van der Waals surface area contributed by atoms with Crippen LogP contribution in [0, 0.1) is 0 Å². The van der Waals surface area contributed by atoms with Crippen LogP contribution in [0.25, 0.3) is 0 Å². The summed E-state index contributed by atoms with van der Waals surface area (Å²) >= 11 is 0. The molecular formula is C2H15NO2. The van der Waals surface area contributed by atoms with Crippen LogP contribution in [0.15, 0.2) is 0 Å². The number of hydrogen-bond acceptors (Lipinski definition) is 1. The second-order valence-corrected chi connectivity index (χ2v) is 0. The van der Waals surface area contributed by atoms with Crippen molar-refractivity contribution in [2.75, 3.05) is 0 Å². The van der Waals surface area contributed by atoms with Gasteiger partial charge in [-0.3, -0.25) is 0 Å². The lowest BCUT2D eigenvalue weighted by Gasteiger charge is -0.413. The van der Waals surface area contributed by atoms with Crippen LogP contribution in [0.1, 0.15) is 14.9 Å². The SMILES string of the molecule is C.C.N.O.O. The van der Waals surface area contributed by atoms with Crippen molar-refractivity contribution < 1.29 is 11.0 Å². The van der Waals surface area contributed by atoms with Crippen molar-refractivity contribution in [3.05, 3.63) is 0 Å². The Bertz CT molecular complexity index is 7.61. The topological polar surface area (TPSA) is 98.0 Å². The monoisotopic (exact) mass is 85.1 g/mol. The van der Waals surface area contributed by atoms with E-state index in [1.165, 1.54) is 0 Å². The lowest BCUT2D eigenvalue weighted by molar-refractivity contribution is 0.823. The van der Waals surface area contributed by atoms with Crippen molar-refractivity contribution in [2.24, 2.45) is 0 Å². The Labute approximate surface area is 33.2 Å². The summed E-state index contributed by atoms with van der Waals surface area (Å²) in [4.78, 5) is 0. The Morgan fingerprint density at radius 1 is 0.600 bits per heavy atom. The third-order valence-corrected chi connectivity index (χ3v) is 0. The van der Waals surface area contributed by atoms with E-state index < -0.39 is 0 Å². The Kier molecular flexibility index (Phi) is 2280000. The van der Waals surface area contributed by atoms with E-state index in [9.17, 15) is 0 Å². The average Bonchev–Trinajstić information content (AvgIpc) is 0. The second kappa shape index (κ2) is 2230. The van der Waals surface area contributed by atoms with Crippen LogP contribution in [-0.4, -0.2) is 11.0 Å². The number of hydrogen-bond donors (Lipinski definition) is 1. The first-order chi connectivity index (χ1) is 0. The van der Waals surface area contributed by atoms with Gasteiger partial charge >= 0.3 is 0 Å². The van der Waals surface area contributed by atoms with E-state index in [1.807, 2.05) is 0 Å². The molecule has 7 N–H and O–H groups in total. The molecule has 0 rings (SSSR count). The zero-order valence-electron chi connectivity index (χ0n) is 1.71. The fourth-order valence-corrected chi connectivity index (χ4v) is 0. The molecule has 0 atom stereocenters. The fraction of sp³-hybridized carbons (Fsp3) is 1.00. The molecule has 0 aromatic rings. The molecule has 0 aromatic carbocycles. The number of rotatable bonds is 0. The highest BCUT2D eigenvalue weighted by atomic mass is 16.0. The van der Waals surface area contributed by atoms with Crippen molar-refractivity contribution in [1.29, 1.82) is 0 Å². The Balaban J connectivity index is 0. The molecule has 0 aliphatic heterocycles. The van der Waals surface area contributed by atoms with E-state index in [0.29, 0.717) is 0 Å². The molecule has 0 amide bonds. The largest absolute Gasteiger partial charge is 0.412 e. The lowest BCUT2D eigenvalue weighted by Crippen LogP contribution is -0.481. The molecule has 0 saturated heterocycles. The third-order valence-electron chi connectivity index (χ3n) is 0. The minimum absolute atomic E-state index is 0. The van der Waals surface area contributed by atoms with E-state index in [1.54, 1.807) is 0 Å². The van der Waals surface area contributed by atoms with Crippen LogP contribution in [0.5, 0.6) is 0 Å². The minimum Gasteiger partial charge on any atom is -0.412 e. The van der Waals surface area contributed by atoms with Gasteiger partial charge in [-0.1, -0.05) is 14.9 Å². The molecule has 0 aliphatic rings. The maximum absolute atomic E-state index is 0. The van der Waals surface area contributed by atoms with Crippen LogP contribution < -0.4 is 6.15 Å². The molecule has 0 radical (unpaired) electrons. The van der Waals surface area contributed by atoms with Crippen molar-refractivity contribution in [3.63, 3.8) is 0 Å². The van der Waals surface area contributed by atoms with E-state index in [-0.39, 0.29) is 32.0 Å². The van der Waals surface area contributed by atoms with Gasteiger partial charge in [0.05, 0.1) is 0 Å². The zero-order chi connectivity index (χ0) is 0. The molecule has 0 saturated carbocycles. The van der Waals surface area contributed by atoms with Crippen LogP contribution >= 0.6 is 0 Å². The smallest absolute Gasteiger partial charge is 0.0776 e. The molecule has 0 bridgehead atoms. The summed E-state index contributed by atoms with van der Waals surface area (Å²) < 4.78 is 0. The molecule has 0 aliphatic carbocycles. The molecule has 3 nitrogen and oxygen atoms in total. The van der Waals surface area contributed by atoms with Gasteiger partial charge in [0.25, 0.3) is 0 Å². The third kappa shape index (κ3) is 952. The van der Waals surface area contributed by atoms with Crippen LogP contribution in [0.4, 0.5) is 0 Å². The molecular weight excluding hydrogens is 70.0 g/mol. The molecule has 40 valence electrons. The van der Waals surface area contributed by atoms with E-state index in [2.05, 4.69) is 0 Å². The van der Waals surface area contributed by atoms with Crippen molar-refractivity contribution in [3.8, 4) is 0 Å². The summed E-state index contributed by atoms with van der Waals surface area (Å²) in [5.74, 6) is 0. The minimum atomic E-state index is 0. The molecule has 0 fully saturated rings. The van der Waals surface area contributed by atoms with Gasteiger partial charge in [0.15, 0.2) is 0 Å². The van der Waals surface area contributed by atoms with Crippen LogP contribution in [0.2, 0.25) is 0 Å². The molecule has 0 spiro atoms. The van der Waals surface area contributed by atoms with Gasteiger partial charge in [0.2, 0.25) is 0 Å². The summed E-state index contributed by atoms with van der Waals surface area (Å²) in [6.07, 6.45) is 0. The lowest BCUT2D eigenvalue weighted by atomic mass is 12.0. The standard InChI is InChI=1S/2CH4.H3N.2H2O/h2*1H4;1H3;2*1H2. The van der Waals surface area contributed by atoms with Crippen molar-refractivity contribution >= 4 is 0 Å². The summed E-state index contributed by atoms with van der Waals surface area (Å²) in [5.41, 5.74) is 0. The molecule has 5 heavy (non-hydrogen) atoms. The molecule has 0 heterocycles. The zero-order valence-corrected chi connectivity index (χ0v) is 1.71. The predicted molar refractivity (Wildman–Crippen MR) is 25.7 cm³/mol. The van der Waals surface area contributed by atoms with Gasteiger partial charge in [-0.15, -0.1) is 0 Å². The fourth-order valence-electron chi connectivity index (χ4n) is 0. The Hall–Kier alpha value is -0.120. The normalized spacial score (nSPS) is 0. The second-order valence-electron chi connectivity index (χ2n) is 0. The van der Waals surface area contributed by atoms with Gasteiger partial charge in [-0.05, 0) is 0 Å². The van der Waals surface area contributed by atoms with Gasteiger partial charge in [-0.25, -0.2) is 0 Å². The van der Waals surface area contributed by atoms with E-state index in [0.717, 1.165) is 0 Å². The summed E-state index contributed by atoms with van der Waals surface area (Å²) in [5, 5.41) is 0. The van der Waals surface area contributed by atoms with E-state index >= 15 is 0 Å². The average molecular weight is 85.1 g/mol. The first kappa shape index (κ1) is 5100. The molecule has 3 heteroatoms. The van der Waals surface area contributed by atoms with E-state index in [4.69, 9.17) is 0 Å².